The maximum absolute atomic E-state index is 12.9. The van der Waals surface area contributed by atoms with Gasteiger partial charge >= 0.3 is 12.1 Å². The third-order valence-electron chi connectivity index (χ3n) is 4.01. The number of nitrogens with zero attached hydrogens (tertiary/aromatic N) is 1. The van der Waals surface area contributed by atoms with E-state index in [2.05, 4.69) is 0 Å². The van der Waals surface area contributed by atoms with Crippen molar-refractivity contribution in [2.24, 2.45) is 5.92 Å². The van der Waals surface area contributed by atoms with Crippen molar-refractivity contribution in [3.05, 3.63) is 23.8 Å². The molecule has 1 aliphatic heterocycles. The minimum absolute atomic E-state index is 0.0133. The number of alkyl halides is 3. The molecule has 0 unspecified atom stereocenters. The number of halogens is 3. The first-order valence-corrected chi connectivity index (χ1v) is 8.19. The first-order valence-electron chi connectivity index (χ1n) is 8.19. The minimum atomic E-state index is -4.33. The molecule has 9 heteroatoms. The van der Waals surface area contributed by atoms with Gasteiger partial charge in [-0.3, -0.25) is 4.79 Å². The van der Waals surface area contributed by atoms with Crippen LogP contribution in [0.3, 0.4) is 0 Å². The van der Waals surface area contributed by atoms with Crippen molar-refractivity contribution in [2.45, 2.75) is 25.9 Å². The monoisotopic (exact) mass is 375 g/mol. The molecule has 1 fully saturated rings. The first kappa shape index (κ1) is 19.9. The third kappa shape index (κ3) is 5.03. The van der Waals surface area contributed by atoms with Gasteiger partial charge in [0.05, 0.1) is 12.5 Å². The standard InChI is InChI=1S/C17H20F3NO5/c1-2-25-14-8-11(5-6-13(14)26-10-15(22)23)16(24)21-7-3-4-12(9-21)17(18,19)20/h5-6,8,12H,2-4,7,9-10H2,1H3,(H,22,23)/t12-/m0/s1. The van der Waals surface area contributed by atoms with Gasteiger partial charge in [0.15, 0.2) is 18.1 Å². The number of rotatable bonds is 6. The summed E-state index contributed by atoms with van der Waals surface area (Å²) < 4.78 is 49.2. The van der Waals surface area contributed by atoms with Crippen molar-refractivity contribution < 1.29 is 37.3 Å². The van der Waals surface area contributed by atoms with E-state index in [1.165, 1.54) is 23.1 Å². The van der Waals surface area contributed by atoms with Crippen molar-refractivity contribution in [3.8, 4) is 11.5 Å². The van der Waals surface area contributed by atoms with Gasteiger partial charge in [0.25, 0.3) is 5.91 Å². The highest BCUT2D eigenvalue weighted by molar-refractivity contribution is 5.95. The van der Waals surface area contributed by atoms with E-state index in [1.54, 1.807) is 6.92 Å². The summed E-state index contributed by atoms with van der Waals surface area (Å²) in [6.07, 6.45) is -4.03. The Labute approximate surface area is 148 Å². The lowest BCUT2D eigenvalue weighted by Gasteiger charge is -2.33. The van der Waals surface area contributed by atoms with E-state index in [4.69, 9.17) is 14.6 Å². The quantitative estimate of drug-likeness (QED) is 0.827. The molecule has 1 heterocycles. The summed E-state index contributed by atoms with van der Waals surface area (Å²) >= 11 is 0. The Hall–Kier alpha value is -2.45. The zero-order valence-electron chi connectivity index (χ0n) is 14.2. The maximum atomic E-state index is 12.9. The van der Waals surface area contributed by atoms with Crippen LogP contribution in [0.25, 0.3) is 0 Å². The number of benzene rings is 1. The number of likely N-dealkylation sites (tertiary alicyclic amines) is 1. The number of carboxylic acid groups (broad SMARTS) is 1. The highest BCUT2D eigenvalue weighted by Gasteiger charge is 2.42. The van der Waals surface area contributed by atoms with E-state index in [0.29, 0.717) is 0 Å². The summed E-state index contributed by atoms with van der Waals surface area (Å²) in [5, 5.41) is 8.68. The largest absolute Gasteiger partial charge is 0.490 e. The molecule has 0 aliphatic carbocycles. The molecule has 0 spiro atoms. The van der Waals surface area contributed by atoms with Gasteiger partial charge in [-0.1, -0.05) is 0 Å². The van der Waals surface area contributed by atoms with Gasteiger partial charge in [-0.05, 0) is 38.0 Å². The molecule has 1 amide bonds. The van der Waals surface area contributed by atoms with Gasteiger partial charge in [-0.25, -0.2) is 4.79 Å². The summed E-state index contributed by atoms with van der Waals surface area (Å²) in [7, 11) is 0. The number of carboxylic acids is 1. The van der Waals surface area contributed by atoms with Crippen molar-refractivity contribution in [3.63, 3.8) is 0 Å². The first-order chi connectivity index (χ1) is 12.2. The smallest absolute Gasteiger partial charge is 0.393 e. The topological polar surface area (TPSA) is 76.1 Å². The molecule has 0 aromatic heterocycles. The van der Waals surface area contributed by atoms with E-state index in [-0.39, 0.29) is 49.6 Å². The second kappa shape index (κ2) is 8.29. The van der Waals surface area contributed by atoms with Crippen LogP contribution >= 0.6 is 0 Å². The van der Waals surface area contributed by atoms with Gasteiger partial charge in [-0.2, -0.15) is 13.2 Å². The van der Waals surface area contributed by atoms with Crippen LogP contribution in [-0.4, -0.2) is 54.4 Å². The Morgan fingerprint density at radius 2 is 2.00 bits per heavy atom. The highest BCUT2D eigenvalue weighted by Crippen LogP contribution is 2.34. The van der Waals surface area contributed by atoms with Crippen molar-refractivity contribution >= 4 is 11.9 Å². The van der Waals surface area contributed by atoms with E-state index >= 15 is 0 Å². The zero-order valence-corrected chi connectivity index (χ0v) is 14.2. The van der Waals surface area contributed by atoms with E-state index in [0.717, 1.165) is 0 Å². The van der Waals surface area contributed by atoms with Crippen LogP contribution < -0.4 is 9.47 Å². The molecule has 1 aromatic carbocycles. The Morgan fingerprint density at radius 1 is 1.27 bits per heavy atom. The molecule has 1 N–H and O–H groups in total. The predicted molar refractivity (Wildman–Crippen MR) is 85.4 cm³/mol. The summed E-state index contributed by atoms with van der Waals surface area (Å²) in [5.41, 5.74) is 0.166. The molecule has 1 atom stereocenters. The van der Waals surface area contributed by atoms with Crippen molar-refractivity contribution in [1.82, 2.24) is 4.90 Å². The molecule has 2 rings (SSSR count). The van der Waals surface area contributed by atoms with Crippen LogP contribution in [0.15, 0.2) is 18.2 Å². The average Bonchev–Trinajstić information content (AvgIpc) is 2.59. The Kier molecular flexibility index (Phi) is 6.33. The summed E-state index contributed by atoms with van der Waals surface area (Å²) in [6, 6.07) is 4.13. The molecule has 144 valence electrons. The highest BCUT2D eigenvalue weighted by atomic mass is 19.4. The van der Waals surface area contributed by atoms with Crippen molar-refractivity contribution in [1.29, 1.82) is 0 Å². The van der Waals surface area contributed by atoms with Gasteiger partial charge in [0, 0.05) is 18.7 Å². The van der Waals surface area contributed by atoms with Crippen LogP contribution in [0.1, 0.15) is 30.1 Å². The van der Waals surface area contributed by atoms with Crippen LogP contribution in [0, 0.1) is 5.92 Å². The number of hydrogen-bond acceptors (Lipinski definition) is 4. The van der Waals surface area contributed by atoms with Crippen LogP contribution in [0.5, 0.6) is 11.5 Å². The molecule has 6 nitrogen and oxygen atoms in total. The van der Waals surface area contributed by atoms with Crippen LogP contribution in [-0.2, 0) is 4.79 Å². The van der Waals surface area contributed by atoms with E-state index in [1.807, 2.05) is 0 Å². The molecule has 1 aliphatic rings. The minimum Gasteiger partial charge on any atom is -0.490 e. The van der Waals surface area contributed by atoms with Crippen molar-refractivity contribution in [2.75, 3.05) is 26.3 Å². The fourth-order valence-electron chi connectivity index (χ4n) is 2.78. The fourth-order valence-corrected chi connectivity index (χ4v) is 2.78. The molecule has 26 heavy (non-hydrogen) atoms. The van der Waals surface area contributed by atoms with Gasteiger partial charge in [0.1, 0.15) is 0 Å². The number of aliphatic carboxylic acids is 1. The number of ether oxygens (including phenoxy) is 2. The van der Waals surface area contributed by atoms with E-state index < -0.39 is 30.6 Å². The van der Waals surface area contributed by atoms with Crippen LogP contribution in [0.4, 0.5) is 13.2 Å². The van der Waals surface area contributed by atoms with Crippen LogP contribution in [0.2, 0.25) is 0 Å². The lowest BCUT2D eigenvalue weighted by molar-refractivity contribution is -0.184. The van der Waals surface area contributed by atoms with Gasteiger partial charge in [-0.15, -0.1) is 0 Å². The summed E-state index contributed by atoms with van der Waals surface area (Å²) in [5.74, 6) is -2.89. The summed E-state index contributed by atoms with van der Waals surface area (Å²) in [4.78, 5) is 24.4. The molecule has 0 radical (unpaired) electrons. The number of carbonyl (C=O) groups is 2. The number of piperidine rings is 1. The molecular formula is C17H20F3NO5. The molecule has 0 saturated carbocycles. The molecule has 1 aromatic rings. The van der Waals surface area contributed by atoms with Gasteiger partial charge in [0.2, 0.25) is 0 Å². The fraction of sp³-hybridized carbons (Fsp3) is 0.529. The lowest BCUT2D eigenvalue weighted by atomic mass is 9.97. The molecule has 0 bridgehead atoms. The van der Waals surface area contributed by atoms with E-state index in [9.17, 15) is 22.8 Å². The Morgan fingerprint density at radius 3 is 2.62 bits per heavy atom. The normalized spacial score (nSPS) is 17.7. The Bertz CT molecular complexity index is 662. The lowest BCUT2D eigenvalue weighted by Crippen LogP contribution is -2.44. The maximum Gasteiger partial charge on any atom is 0.393 e. The Balaban J connectivity index is 2.17. The number of carbonyl (C=O) groups excluding carboxylic acids is 1. The SMILES string of the molecule is CCOc1cc(C(=O)N2CCC[C@H](C(F)(F)F)C2)ccc1OCC(=O)O. The summed E-state index contributed by atoms with van der Waals surface area (Å²) in [6.45, 7) is 1.26. The molecular weight excluding hydrogens is 355 g/mol. The second-order valence-electron chi connectivity index (χ2n) is 5.91. The number of hydrogen-bond donors (Lipinski definition) is 1. The molecule has 1 saturated heterocycles. The predicted octanol–water partition coefficient (Wildman–Crippen LogP) is 2.96. The third-order valence-corrected chi connectivity index (χ3v) is 4.01. The number of amides is 1. The zero-order chi connectivity index (χ0) is 19.3. The average molecular weight is 375 g/mol. The second-order valence-corrected chi connectivity index (χ2v) is 5.91. The van der Waals surface area contributed by atoms with Gasteiger partial charge < -0.3 is 19.5 Å².